The normalized spacial score (nSPS) is 17.2. The highest BCUT2D eigenvalue weighted by atomic mass is 16.6. The lowest BCUT2D eigenvalue weighted by molar-refractivity contribution is -0.131. The van der Waals surface area contributed by atoms with Crippen LogP contribution in [-0.2, 0) is 9.63 Å². The zero-order valence-electron chi connectivity index (χ0n) is 16.2. The van der Waals surface area contributed by atoms with Gasteiger partial charge in [0.05, 0.1) is 18.9 Å². The molecule has 0 aromatic heterocycles. The van der Waals surface area contributed by atoms with Crippen molar-refractivity contribution >= 4 is 11.6 Å². The Kier molecular flexibility index (Phi) is 5.79. The topological polar surface area (TPSA) is 59.9 Å². The van der Waals surface area contributed by atoms with Crippen molar-refractivity contribution in [2.45, 2.75) is 45.3 Å². The summed E-state index contributed by atoms with van der Waals surface area (Å²) in [6.45, 7) is 6.30. The predicted molar refractivity (Wildman–Crippen MR) is 106 cm³/mol. The summed E-state index contributed by atoms with van der Waals surface area (Å²) in [5.41, 5.74) is 4.06. The van der Waals surface area contributed by atoms with E-state index in [4.69, 9.17) is 9.57 Å². The number of hydrogen-bond donors (Lipinski definition) is 1. The first-order valence-electron chi connectivity index (χ1n) is 9.25. The van der Waals surface area contributed by atoms with E-state index in [-0.39, 0.29) is 11.9 Å². The summed E-state index contributed by atoms with van der Waals surface area (Å²) in [6.07, 6.45) is -0.142. The zero-order valence-corrected chi connectivity index (χ0v) is 16.2. The summed E-state index contributed by atoms with van der Waals surface area (Å²) < 4.78 is 5.16. The lowest BCUT2D eigenvalue weighted by Crippen LogP contribution is -2.36. The maximum absolute atomic E-state index is 12.6. The number of hydrogen-bond acceptors (Lipinski definition) is 4. The number of carbonyl (C=O) groups is 1. The highest BCUT2D eigenvalue weighted by molar-refractivity contribution is 6.04. The molecule has 2 atom stereocenters. The number of benzene rings is 2. The van der Waals surface area contributed by atoms with E-state index in [0.29, 0.717) is 12.3 Å². The summed E-state index contributed by atoms with van der Waals surface area (Å²) in [7, 11) is 1.63. The molecule has 1 aliphatic rings. The molecular weight excluding hydrogens is 340 g/mol. The number of methoxy groups -OCH3 is 1. The molecule has 1 aliphatic heterocycles. The minimum Gasteiger partial charge on any atom is -0.497 e. The third kappa shape index (κ3) is 4.48. The van der Waals surface area contributed by atoms with Gasteiger partial charge in [-0.2, -0.15) is 0 Å². The van der Waals surface area contributed by atoms with Crippen molar-refractivity contribution in [3.63, 3.8) is 0 Å². The second-order valence-corrected chi connectivity index (χ2v) is 7.12. The van der Waals surface area contributed by atoms with Gasteiger partial charge in [0.25, 0.3) is 5.91 Å². The molecule has 2 unspecified atom stereocenters. The van der Waals surface area contributed by atoms with Gasteiger partial charge in [-0.15, -0.1) is 0 Å². The number of oxime groups is 1. The Balaban J connectivity index is 1.57. The monoisotopic (exact) mass is 366 g/mol. The smallest absolute Gasteiger partial charge is 0.264 e. The summed E-state index contributed by atoms with van der Waals surface area (Å²) in [4.78, 5) is 17.9. The van der Waals surface area contributed by atoms with Gasteiger partial charge in [-0.1, -0.05) is 43.3 Å². The van der Waals surface area contributed by atoms with Crippen molar-refractivity contribution in [1.82, 2.24) is 5.32 Å². The number of carbonyl (C=O) groups excluding carboxylic acids is 1. The van der Waals surface area contributed by atoms with Gasteiger partial charge in [0.15, 0.2) is 0 Å². The van der Waals surface area contributed by atoms with E-state index >= 15 is 0 Å². The van der Waals surface area contributed by atoms with Gasteiger partial charge in [0.2, 0.25) is 6.10 Å². The van der Waals surface area contributed by atoms with Gasteiger partial charge in [0.1, 0.15) is 5.75 Å². The van der Waals surface area contributed by atoms with Crippen molar-refractivity contribution in [2.24, 2.45) is 5.16 Å². The first kappa shape index (κ1) is 19.0. The SMILES string of the molecule is COc1ccc(C2=NOC(C(=O)NC(C)c3ccc(C(C)C)cc3)C2)cc1. The Morgan fingerprint density at radius 3 is 2.30 bits per heavy atom. The number of nitrogens with zero attached hydrogens (tertiary/aromatic N) is 1. The highest BCUT2D eigenvalue weighted by Crippen LogP contribution is 2.22. The Bertz CT molecular complexity index is 810. The molecular formula is C22H26N2O3. The van der Waals surface area contributed by atoms with Crippen LogP contribution in [0.25, 0.3) is 0 Å². The van der Waals surface area contributed by atoms with Gasteiger partial charge >= 0.3 is 0 Å². The van der Waals surface area contributed by atoms with Crippen LogP contribution in [-0.4, -0.2) is 24.8 Å². The van der Waals surface area contributed by atoms with Gasteiger partial charge in [-0.3, -0.25) is 4.79 Å². The number of amides is 1. The molecule has 27 heavy (non-hydrogen) atoms. The van der Waals surface area contributed by atoms with Crippen LogP contribution in [0.5, 0.6) is 5.75 Å². The maximum Gasteiger partial charge on any atom is 0.264 e. The third-order valence-electron chi connectivity index (χ3n) is 4.85. The zero-order chi connectivity index (χ0) is 19.4. The van der Waals surface area contributed by atoms with Gasteiger partial charge in [-0.05, 0) is 53.8 Å². The van der Waals surface area contributed by atoms with E-state index in [9.17, 15) is 4.79 Å². The van der Waals surface area contributed by atoms with E-state index in [1.807, 2.05) is 31.2 Å². The number of ether oxygens (including phenoxy) is 1. The molecule has 2 aromatic carbocycles. The highest BCUT2D eigenvalue weighted by Gasteiger charge is 2.29. The number of rotatable bonds is 6. The van der Waals surface area contributed by atoms with Crippen molar-refractivity contribution < 1.29 is 14.4 Å². The quantitative estimate of drug-likeness (QED) is 0.834. The summed E-state index contributed by atoms with van der Waals surface area (Å²) >= 11 is 0. The average Bonchev–Trinajstić information content (AvgIpc) is 3.18. The van der Waals surface area contributed by atoms with E-state index in [0.717, 1.165) is 22.6 Å². The van der Waals surface area contributed by atoms with Gasteiger partial charge in [-0.25, -0.2) is 0 Å². The minimum atomic E-state index is -0.598. The Hall–Kier alpha value is -2.82. The van der Waals surface area contributed by atoms with E-state index in [2.05, 4.69) is 48.6 Å². The molecule has 0 saturated heterocycles. The third-order valence-corrected chi connectivity index (χ3v) is 4.85. The van der Waals surface area contributed by atoms with Crippen LogP contribution in [0.15, 0.2) is 53.7 Å². The first-order valence-corrected chi connectivity index (χ1v) is 9.25. The van der Waals surface area contributed by atoms with Crippen LogP contribution in [0.1, 0.15) is 55.8 Å². The molecule has 0 fully saturated rings. The molecule has 1 heterocycles. The standard InChI is InChI=1S/C22H26N2O3/c1-14(2)16-5-7-17(8-6-16)15(3)23-22(25)21-13-20(24-27-21)18-9-11-19(26-4)12-10-18/h5-12,14-15,21H,13H2,1-4H3,(H,23,25). The summed E-state index contributed by atoms with van der Waals surface area (Å²) in [5.74, 6) is 1.12. The van der Waals surface area contributed by atoms with Crippen LogP contribution in [0, 0.1) is 0 Å². The van der Waals surface area contributed by atoms with E-state index in [1.165, 1.54) is 5.56 Å². The lowest BCUT2D eigenvalue weighted by Gasteiger charge is -2.17. The van der Waals surface area contributed by atoms with Crippen LogP contribution in [0.2, 0.25) is 0 Å². The van der Waals surface area contributed by atoms with Crippen LogP contribution >= 0.6 is 0 Å². The van der Waals surface area contributed by atoms with Crippen LogP contribution in [0.4, 0.5) is 0 Å². The van der Waals surface area contributed by atoms with Gasteiger partial charge < -0.3 is 14.9 Å². The van der Waals surface area contributed by atoms with Crippen LogP contribution in [0.3, 0.4) is 0 Å². The molecule has 5 heteroatoms. The van der Waals surface area contributed by atoms with E-state index in [1.54, 1.807) is 7.11 Å². The van der Waals surface area contributed by atoms with Crippen molar-refractivity contribution in [3.05, 3.63) is 65.2 Å². The molecule has 0 aliphatic carbocycles. The molecule has 1 N–H and O–H groups in total. The van der Waals surface area contributed by atoms with Crippen molar-refractivity contribution in [1.29, 1.82) is 0 Å². The minimum absolute atomic E-state index is 0.0904. The Morgan fingerprint density at radius 2 is 1.70 bits per heavy atom. The first-order chi connectivity index (χ1) is 13.0. The fourth-order valence-electron chi connectivity index (χ4n) is 3.03. The summed E-state index contributed by atoms with van der Waals surface area (Å²) in [5, 5.41) is 7.11. The molecule has 2 aromatic rings. The predicted octanol–water partition coefficient (Wildman–Crippen LogP) is 4.19. The molecule has 5 nitrogen and oxygen atoms in total. The lowest BCUT2D eigenvalue weighted by atomic mass is 9.99. The van der Waals surface area contributed by atoms with Crippen molar-refractivity contribution in [3.8, 4) is 5.75 Å². The molecule has 1 amide bonds. The van der Waals surface area contributed by atoms with Crippen LogP contribution < -0.4 is 10.1 Å². The number of nitrogens with one attached hydrogen (secondary N) is 1. The van der Waals surface area contributed by atoms with E-state index < -0.39 is 6.10 Å². The second-order valence-electron chi connectivity index (χ2n) is 7.12. The Morgan fingerprint density at radius 1 is 1.07 bits per heavy atom. The second kappa shape index (κ2) is 8.25. The maximum atomic E-state index is 12.6. The fraction of sp³-hybridized carbons (Fsp3) is 0.364. The Labute approximate surface area is 160 Å². The molecule has 142 valence electrons. The molecule has 0 radical (unpaired) electrons. The molecule has 0 saturated carbocycles. The molecule has 0 spiro atoms. The fourth-order valence-corrected chi connectivity index (χ4v) is 3.03. The summed E-state index contributed by atoms with van der Waals surface area (Å²) in [6, 6.07) is 15.8. The molecule has 3 rings (SSSR count). The van der Waals surface area contributed by atoms with Crippen molar-refractivity contribution in [2.75, 3.05) is 7.11 Å². The van der Waals surface area contributed by atoms with Gasteiger partial charge in [0, 0.05) is 6.42 Å². The molecule has 0 bridgehead atoms. The average molecular weight is 366 g/mol. The largest absolute Gasteiger partial charge is 0.497 e.